The molecular formula is C18H18F2N4O2S. The normalized spacial score (nSPS) is 11.1. The fraction of sp³-hybridized carbons (Fsp3) is 0.278. The molecule has 9 heteroatoms. The van der Waals surface area contributed by atoms with Crippen molar-refractivity contribution in [3.05, 3.63) is 48.2 Å². The molecule has 3 rings (SSSR count). The third kappa shape index (κ3) is 4.73. The maximum absolute atomic E-state index is 13.6. The molecule has 0 bridgehead atoms. The van der Waals surface area contributed by atoms with Crippen molar-refractivity contribution in [2.24, 2.45) is 5.92 Å². The minimum absolute atomic E-state index is 0.00516. The van der Waals surface area contributed by atoms with Gasteiger partial charge in [0.05, 0.1) is 17.7 Å². The zero-order valence-electron chi connectivity index (χ0n) is 14.8. The third-order valence-electron chi connectivity index (χ3n) is 3.54. The first-order valence-electron chi connectivity index (χ1n) is 8.29. The number of carbonyl (C=O) groups is 1. The van der Waals surface area contributed by atoms with Crippen molar-refractivity contribution < 1.29 is 18.0 Å². The van der Waals surface area contributed by atoms with Gasteiger partial charge in [-0.2, -0.15) is 0 Å². The predicted octanol–water partition coefficient (Wildman–Crippen LogP) is 4.20. The minimum Gasteiger partial charge on any atom is -0.461 e. The molecule has 142 valence electrons. The first kappa shape index (κ1) is 19.1. The van der Waals surface area contributed by atoms with Crippen molar-refractivity contribution in [2.75, 3.05) is 11.1 Å². The molecule has 0 aliphatic rings. The molecule has 0 aliphatic heterocycles. The van der Waals surface area contributed by atoms with E-state index in [-0.39, 0.29) is 11.4 Å². The van der Waals surface area contributed by atoms with Crippen molar-refractivity contribution in [1.29, 1.82) is 0 Å². The number of furan rings is 1. The van der Waals surface area contributed by atoms with Crippen molar-refractivity contribution in [2.45, 2.75) is 25.5 Å². The Morgan fingerprint density at radius 3 is 2.78 bits per heavy atom. The van der Waals surface area contributed by atoms with Gasteiger partial charge in [0.1, 0.15) is 11.6 Å². The second-order valence-corrected chi connectivity index (χ2v) is 7.19. The molecule has 2 aromatic heterocycles. The Balaban J connectivity index is 1.70. The largest absolute Gasteiger partial charge is 0.461 e. The molecule has 1 aromatic carbocycles. The molecule has 6 nitrogen and oxygen atoms in total. The second kappa shape index (κ2) is 8.34. The van der Waals surface area contributed by atoms with Crippen LogP contribution in [0.2, 0.25) is 0 Å². The fourth-order valence-electron chi connectivity index (χ4n) is 2.42. The van der Waals surface area contributed by atoms with E-state index in [0.717, 1.165) is 12.1 Å². The molecule has 0 fully saturated rings. The number of thioether (sulfide) groups is 1. The Labute approximate surface area is 159 Å². The van der Waals surface area contributed by atoms with E-state index in [1.54, 1.807) is 18.4 Å². The Kier molecular flexibility index (Phi) is 5.90. The zero-order chi connectivity index (χ0) is 19.4. The average molecular weight is 392 g/mol. The van der Waals surface area contributed by atoms with Crippen molar-refractivity contribution in [3.8, 4) is 11.6 Å². The lowest BCUT2D eigenvalue weighted by molar-refractivity contribution is -0.113. The number of halogens is 2. The zero-order valence-corrected chi connectivity index (χ0v) is 15.6. The number of rotatable bonds is 7. The van der Waals surface area contributed by atoms with E-state index in [2.05, 4.69) is 29.4 Å². The van der Waals surface area contributed by atoms with E-state index in [1.165, 1.54) is 17.8 Å². The number of carbonyl (C=O) groups excluding carboxylic acids is 1. The van der Waals surface area contributed by atoms with Gasteiger partial charge in [-0.15, -0.1) is 10.2 Å². The molecule has 0 aliphatic carbocycles. The maximum Gasteiger partial charge on any atom is 0.234 e. The Hall–Kier alpha value is -2.68. The lowest BCUT2D eigenvalue weighted by atomic mass is 10.2. The standard InChI is InChI=1S/C18H18F2N4O2S/c1-11(2)9-24-17(15-4-3-7-26-15)22-23-18(24)27-10-16(25)21-14-6-5-12(19)8-13(14)20/h3-8,11H,9-10H2,1-2H3,(H,21,25). The summed E-state index contributed by atoms with van der Waals surface area (Å²) in [6.07, 6.45) is 1.56. The monoisotopic (exact) mass is 392 g/mol. The van der Waals surface area contributed by atoms with Gasteiger partial charge in [-0.1, -0.05) is 25.6 Å². The maximum atomic E-state index is 13.6. The summed E-state index contributed by atoms with van der Waals surface area (Å²) in [5.74, 6) is -0.441. The Morgan fingerprint density at radius 2 is 2.11 bits per heavy atom. The van der Waals surface area contributed by atoms with Crippen LogP contribution in [-0.4, -0.2) is 26.4 Å². The summed E-state index contributed by atoms with van der Waals surface area (Å²) in [6, 6.07) is 6.54. The average Bonchev–Trinajstić information content (AvgIpc) is 3.25. The van der Waals surface area contributed by atoms with Gasteiger partial charge in [-0.05, 0) is 30.2 Å². The molecule has 0 atom stereocenters. The minimum atomic E-state index is -0.823. The van der Waals surface area contributed by atoms with Crippen LogP contribution in [0.4, 0.5) is 14.5 Å². The highest BCUT2D eigenvalue weighted by molar-refractivity contribution is 7.99. The molecule has 2 heterocycles. The number of hydrogen-bond acceptors (Lipinski definition) is 5. The first-order valence-corrected chi connectivity index (χ1v) is 9.27. The van der Waals surface area contributed by atoms with E-state index in [4.69, 9.17) is 4.42 Å². The summed E-state index contributed by atoms with van der Waals surface area (Å²) >= 11 is 1.18. The number of nitrogens with zero attached hydrogens (tertiary/aromatic N) is 3. The molecule has 0 radical (unpaired) electrons. The smallest absolute Gasteiger partial charge is 0.234 e. The van der Waals surface area contributed by atoms with Crippen LogP contribution in [0, 0.1) is 17.6 Å². The van der Waals surface area contributed by atoms with E-state index in [0.29, 0.717) is 29.2 Å². The molecule has 0 spiro atoms. The van der Waals surface area contributed by atoms with Crippen LogP contribution in [0.15, 0.2) is 46.2 Å². The number of anilines is 1. The van der Waals surface area contributed by atoms with E-state index < -0.39 is 17.5 Å². The number of benzene rings is 1. The van der Waals surface area contributed by atoms with Crippen LogP contribution in [0.5, 0.6) is 0 Å². The van der Waals surface area contributed by atoms with Gasteiger partial charge in [0.2, 0.25) is 5.91 Å². The highest BCUT2D eigenvalue weighted by Crippen LogP contribution is 2.25. The molecule has 1 amide bonds. The number of nitrogens with one attached hydrogen (secondary N) is 1. The predicted molar refractivity (Wildman–Crippen MR) is 98.3 cm³/mol. The van der Waals surface area contributed by atoms with Crippen molar-refractivity contribution in [3.63, 3.8) is 0 Å². The van der Waals surface area contributed by atoms with Crippen molar-refractivity contribution >= 4 is 23.4 Å². The molecule has 0 unspecified atom stereocenters. The number of amides is 1. The lowest BCUT2D eigenvalue weighted by Crippen LogP contribution is -2.16. The van der Waals surface area contributed by atoms with E-state index >= 15 is 0 Å². The highest BCUT2D eigenvalue weighted by Gasteiger charge is 2.18. The second-order valence-electron chi connectivity index (χ2n) is 6.25. The molecule has 3 aromatic rings. The first-order chi connectivity index (χ1) is 12.9. The van der Waals surface area contributed by atoms with Gasteiger partial charge >= 0.3 is 0 Å². The van der Waals surface area contributed by atoms with Crippen LogP contribution in [-0.2, 0) is 11.3 Å². The van der Waals surface area contributed by atoms with Gasteiger partial charge in [0, 0.05) is 12.6 Å². The summed E-state index contributed by atoms with van der Waals surface area (Å²) in [5.41, 5.74) is -0.0677. The van der Waals surface area contributed by atoms with Gasteiger partial charge in [-0.25, -0.2) is 8.78 Å². The topological polar surface area (TPSA) is 73.0 Å². The third-order valence-corrected chi connectivity index (χ3v) is 4.51. The number of hydrogen-bond donors (Lipinski definition) is 1. The lowest BCUT2D eigenvalue weighted by Gasteiger charge is -2.11. The summed E-state index contributed by atoms with van der Waals surface area (Å²) in [7, 11) is 0. The molecular weight excluding hydrogens is 374 g/mol. The Morgan fingerprint density at radius 1 is 1.30 bits per heavy atom. The molecule has 0 saturated carbocycles. The highest BCUT2D eigenvalue weighted by atomic mass is 32.2. The molecule has 27 heavy (non-hydrogen) atoms. The fourth-order valence-corrected chi connectivity index (χ4v) is 3.17. The van der Waals surface area contributed by atoms with Crippen LogP contribution >= 0.6 is 11.8 Å². The van der Waals surface area contributed by atoms with E-state index in [9.17, 15) is 13.6 Å². The SMILES string of the molecule is CC(C)Cn1c(SCC(=O)Nc2ccc(F)cc2F)nnc1-c1ccco1. The quantitative estimate of drug-likeness (QED) is 0.610. The van der Waals surface area contributed by atoms with Gasteiger partial charge in [-0.3, -0.25) is 9.36 Å². The number of aromatic nitrogens is 3. The van der Waals surface area contributed by atoms with Crippen LogP contribution in [0.25, 0.3) is 11.6 Å². The van der Waals surface area contributed by atoms with Crippen LogP contribution < -0.4 is 5.32 Å². The van der Waals surface area contributed by atoms with Gasteiger partial charge < -0.3 is 9.73 Å². The summed E-state index contributed by atoms with van der Waals surface area (Å²) in [6.45, 7) is 4.77. The van der Waals surface area contributed by atoms with Crippen molar-refractivity contribution in [1.82, 2.24) is 14.8 Å². The summed E-state index contributed by atoms with van der Waals surface area (Å²) < 4.78 is 33.9. The Bertz CT molecular complexity index is 926. The summed E-state index contributed by atoms with van der Waals surface area (Å²) in [4.78, 5) is 12.1. The molecule has 0 saturated heterocycles. The van der Waals surface area contributed by atoms with Crippen LogP contribution in [0.3, 0.4) is 0 Å². The molecule has 1 N–H and O–H groups in total. The van der Waals surface area contributed by atoms with E-state index in [1.807, 2.05) is 4.57 Å². The van der Waals surface area contributed by atoms with Gasteiger partial charge in [0.25, 0.3) is 0 Å². The summed E-state index contributed by atoms with van der Waals surface area (Å²) in [5, 5.41) is 11.3. The van der Waals surface area contributed by atoms with Gasteiger partial charge in [0.15, 0.2) is 16.7 Å². The van der Waals surface area contributed by atoms with Crippen LogP contribution in [0.1, 0.15) is 13.8 Å².